The second-order valence-corrected chi connectivity index (χ2v) is 10.0. The SMILES string of the molecule is CC(C)CC(C(=O)OCC(=O)c1ccc(OC(=O)c2ccc(Br)cc2)cc1)N1C(=O)c2ccccc2C1=O. The van der Waals surface area contributed by atoms with Gasteiger partial charge in [0.15, 0.2) is 12.4 Å². The molecule has 9 heteroatoms. The van der Waals surface area contributed by atoms with Gasteiger partial charge in [-0.2, -0.15) is 0 Å². The number of imide groups is 1. The molecule has 0 radical (unpaired) electrons. The maximum absolute atomic E-state index is 13.0. The number of Topliss-reactive ketones (excluding diaryl/α,β-unsaturated/α-hetero) is 1. The summed E-state index contributed by atoms with van der Waals surface area (Å²) in [7, 11) is 0. The van der Waals surface area contributed by atoms with Crippen LogP contribution < -0.4 is 4.74 Å². The molecule has 0 saturated heterocycles. The number of amides is 2. The second-order valence-electron chi connectivity index (χ2n) is 9.12. The van der Waals surface area contributed by atoms with Gasteiger partial charge in [-0.25, -0.2) is 9.59 Å². The number of hydrogen-bond donors (Lipinski definition) is 0. The van der Waals surface area contributed by atoms with Crippen LogP contribution in [0.4, 0.5) is 0 Å². The van der Waals surface area contributed by atoms with E-state index in [2.05, 4.69) is 15.9 Å². The smallest absolute Gasteiger partial charge is 0.343 e. The molecule has 8 nitrogen and oxygen atoms in total. The lowest BCUT2D eigenvalue weighted by Crippen LogP contribution is -2.46. The summed E-state index contributed by atoms with van der Waals surface area (Å²) in [6, 6.07) is 17.7. The van der Waals surface area contributed by atoms with Crippen LogP contribution in [0, 0.1) is 5.92 Å². The Kier molecular flexibility index (Phi) is 8.16. The molecule has 0 spiro atoms. The molecule has 0 aromatic heterocycles. The highest BCUT2D eigenvalue weighted by Gasteiger charge is 2.43. The number of esters is 2. The van der Waals surface area contributed by atoms with Gasteiger partial charge in [-0.3, -0.25) is 19.3 Å². The predicted molar refractivity (Wildman–Crippen MR) is 141 cm³/mol. The lowest BCUT2D eigenvalue weighted by molar-refractivity contribution is -0.147. The van der Waals surface area contributed by atoms with Crippen molar-refractivity contribution in [1.82, 2.24) is 4.90 Å². The minimum atomic E-state index is -1.16. The van der Waals surface area contributed by atoms with E-state index in [1.807, 2.05) is 13.8 Å². The van der Waals surface area contributed by atoms with Crippen LogP contribution in [-0.2, 0) is 9.53 Å². The fourth-order valence-corrected chi connectivity index (χ4v) is 4.29. The monoisotopic (exact) mass is 577 g/mol. The molecular weight excluding hydrogens is 554 g/mol. The Labute approximate surface area is 227 Å². The van der Waals surface area contributed by atoms with Gasteiger partial charge in [0, 0.05) is 10.0 Å². The zero-order valence-corrected chi connectivity index (χ0v) is 22.3. The van der Waals surface area contributed by atoms with E-state index >= 15 is 0 Å². The number of fused-ring (bicyclic) bond motifs is 1. The van der Waals surface area contributed by atoms with Gasteiger partial charge in [0.25, 0.3) is 11.8 Å². The molecule has 1 aliphatic rings. The van der Waals surface area contributed by atoms with Crippen molar-refractivity contribution in [3.05, 3.63) is 99.5 Å². The van der Waals surface area contributed by atoms with Crippen LogP contribution in [0.5, 0.6) is 5.75 Å². The predicted octanol–water partition coefficient (Wildman–Crippen LogP) is 5.11. The number of ketones is 1. The van der Waals surface area contributed by atoms with E-state index in [1.165, 1.54) is 36.4 Å². The summed E-state index contributed by atoms with van der Waals surface area (Å²) in [4.78, 5) is 64.7. The Morgan fingerprint density at radius 3 is 1.92 bits per heavy atom. The third-order valence-corrected chi connectivity index (χ3v) is 6.44. The maximum atomic E-state index is 13.0. The highest BCUT2D eigenvalue weighted by molar-refractivity contribution is 9.10. The first kappa shape index (κ1) is 26.9. The van der Waals surface area contributed by atoms with Crippen molar-refractivity contribution in [1.29, 1.82) is 0 Å². The molecule has 0 aliphatic carbocycles. The van der Waals surface area contributed by atoms with Gasteiger partial charge in [0.05, 0.1) is 16.7 Å². The lowest BCUT2D eigenvalue weighted by Gasteiger charge is -2.25. The number of nitrogens with zero attached hydrogens (tertiary/aromatic N) is 1. The van der Waals surface area contributed by atoms with Crippen molar-refractivity contribution >= 4 is 45.5 Å². The third kappa shape index (κ3) is 5.89. The molecule has 1 unspecified atom stereocenters. The Morgan fingerprint density at radius 2 is 1.37 bits per heavy atom. The Morgan fingerprint density at radius 1 is 0.816 bits per heavy atom. The molecule has 4 rings (SSSR count). The minimum Gasteiger partial charge on any atom is -0.456 e. The van der Waals surface area contributed by atoms with Crippen molar-refractivity contribution in [2.45, 2.75) is 26.3 Å². The van der Waals surface area contributed by atoms with E-state index in [4.69, 9.17) is 9.47 Å². The molecule has 1 atom stereocenters. The lowest BCUT2D eigenvalue weighted by atomic mass is 10.0. The summed E-state index contributed by atoms with van der Waals surface area (Å²) in [5, 5.41) is 0. The summed E-state index contributed by atoms with van der Waals surface area (Å²) in [5.74, 6) is -2.78. The summed E-state index contributed by atoms with van der Waals surface area (Å²) in [6.07, 6.45) is 0.191. The number of carbonyl (C=O) groups is 5. The van der Waals surface area contributed by atoms with Crippen LogP contribution in [0.15, 0.2) is 77.3 Å². The quantitative estimate of drug-likeness (QED) is 0.150. The fraction of sp³-hybridized carbons (Fsp3) is 0.207. The van der Waals surface area contributed by atoms with E-state index < -0.39 is 42.2 Å². The van der Waals surface area contributed by atoms with Crippen LogP contribution in [0.1, 0.15) is 61.7 Å². The normalized spacial score (nSPS) is 13.3. The average molecular weight is 578 g/mol. The molecule has 0 fully saturated rings. The van der Waals surface area contributed by atoms with E-state index in [1.54, 1.807) is 36.4 Å². The standard InChI is InChI=1S/C29H24BrNO7/c1-17(2)15-24(31-26(33)22-5-3-4-6-23(22)27(31)34)29(36)37-16-25(32)18-9-13-21(14-10-18)38-28(35)19-7-11-20(30)12-8-19/h3-14,17,24H,15-16H2,1-2H3. The first-order valence-electron chi connectivity index (χ1n) is 11.9. The molecule has 1 aliphatic heterocycles. The summed E-state index contributed by atoms with van der Waals surface area (Å²) < 4.78 is 11.4. The molecular formula is C29H24BrNO7. The number of carbonyl (C=O) groups excluding carboxylic acids is 5. The van der Waals surface area contributed by atoms with Crippen LogP contribution in [0.2, 0.25) is 0 Å². The number of rotatable bonds is 9. The number of ether oxygens (including phenoxy) is 2. The molecule has 3 aromatic rings. The van der Waals surface area contributed by atoms with E-state index in [-0.39, 0.29) is 34.8 Å². The van der Waals surface area contributed by atoms with Gasteiger partial charge in [0.2, 0.25) is 0 Å². The van der Waals surface area contributed by atoms with Crippen LogP contribution in [-0.4, -0.2) is 47.1 Å². The minimum absolute atomic E-state index is 0.0276. The first-order chi connectivity index (χ1) is 18.2. The molecule has 0 saturated carbocycles. The molecule has 38 heavy (non-hydrogen) atoms. The molecule has 194 valence electrons. The Bertz CT molecular complexity index is 1360. The Balaban J connectivity index is 1.39. The number of benzene rings is 3. The second kappa shape index (κ2) is 11.5. The van der Waals surface area contributed by atoms with Gasteiger partial charge < -0.3 is 9.47 Å². The topological polar surface area (TPSA) is 107 Å². The largest absolute Gasteiger partial charge is 0.456 e. The van der Waals surface area contributed by atoms with E-state index in [9.17, 15) is 24.0 Å². The van der Waals surface area contributed by atoms with Gasteiger partial charge in [-0.05, 0) is 73.0 Å². The van der Waals surface area contributed by atoms with Crippen molar-refractivity contribution < 1.29 is 33.4 Å². The zero-order valence-electron chi connectivity index (χ0n) is 20.7. The highest BCUT2D eigenvalue weighted by atomic mass is 79.9. The van der Waals surface area contributed by atoms with Gasteiger partial charge in [0.1, 0.15) is 11.8 Å². The first-order valence-corrected chi connectivity index (χ1v) is 12.7. The van der Waals surface area contributed by atoms with Crippen molar-refractivity contribution in [3.63, 3.8) is 0 Å². The Hall–Kier alpha value is -4.11. The van der Waals surface area contributed by atoms with Crippen LogP contribution in [0.25, 0.3) is 0 Å². The van der Waals surface area contributed by atoms with Crippen molar-refractivity contribution in [3.8, 4) is 5.75 Å². The highest BCUT2D eigenvalue weighted by Crippen LogP contribution is 2.27. The number of halogens is 1. The summed E-state index contributed by atoms with van der Waals surface area (Å²) in [6.45, 7) is 3.14. The molecule has 0 bridgehead atoms. The van der Waals surface area contributed by atoms with Crippen molar-refractivity contribution in [2.75, 3.05) is 6.61 Å². The molecule has 0 N–H and O–H groups in total. The molecule has 3 aromatic carbocycles. The van der Waals surface area contributed by atoms with E-state index in [0.717, 1.165) is 9.37 Å². The van der Waals surface area contributed by atoms with Gasteiger partial charge >= 0.3 is 11.9 Å². The molecule has 1 heterocycles. The summed E-state index contributed by atoms with van der Waals surface area (Å²) >= 11 is 3.30. The van der Waals surface area contributed by atoms with Gasteiger partial charge in [-0.15, -0.1) is 0 Å². The van der Waals surface area contributed by atoms with Gasteiger partial charge in [-0.1, -0.05) is 41.9 Å². The zero-order chi connectivity index (χ0) is 27.4. The maximum Gasteiger partial charge on any atom is 0.343 e. The molecule has 2 amide bonds. The van der Waals surface area contributed by atoms with Crippen LogP contribution in [0.3, 0.4) is 0 Å². The number of hydrogen-bond acceptors (Lipinski definition) is 7. The average Bonchev–Trinajstić information content (AvgIpc) is 3.16. The van der Waals surface area contributed by atoms with Crippen LogP contribution >= 0.6 is 15.9 Å². The summed E-state index contributed by atoms with van der Waals surface area (Å²) in [5.41, 5.74) is 1.07. The van der Waals surface area contributed by atoms with E-state index in [0.29, 0.717) is 5.56 Å². The fourth-order valence-electron chi connectivity index (χ4n) is 4.02. The third-order valence-electron chi connectivity index (χ3n) is 5.92. The van der Waals surface area contributed by atoms with Crippen molar-refractivity contribution in [2.24, 2.45) is 5.92 Å².